The van der Waals surface area contributed by atoms with Crippen molar-refractivity contribution in [2.75, 3.05) is 5.32 Å². The molecule has 0 heterocycles. The Balaban J connectivity index is 1.48. The van der Waals surface area contributed by atoms with Crippen molar-refractivity contribution in [2.24, 2.45) is 0 Å². The highest BCUT2D eigenvalue weighted by atomic mass is 16.3. The number of rotatable bonds is 18. The summed E-state index contributed by atoms with van der Waals surface area (Å²) in [4.78, 5) is 0. The molecule has 0 aromatic heterocycles. The molecule has 172 valence electrons. The van der Waals surface area contributed by atoms with E-state index >= 15 is 0 Å². The van der Waals surface area contributed by atoms with E-state index in [-0.39, 0.29) is 0 Å². The van der Waals surface area contributed by atoms with Crippen LogP contribution in [-0.2, 0) is 6.42 Å². The molecule has 0 amide bonds. The second-order valence-corrected chi connectivity index (χ2v) is 9.03. The maximum absolute atomic E-state index is 9.45. The third kappa shape index (κ3) is 11.9. The molecule has 2 N–H and O–H groups in total. The summed E-state index contributed by atoms with van der Waals surface area (Å²) in [7, 11) is 0. The average molecular weight is 424 g/mol. The first-order chi connectivity index (χ1) is 15.3. The lowest BCUT2D eigenvalue weighted by Crippen LogP contribution is -1.96. The second-order valence-electron chi connectivity index (χ2n) is 9.03. The Labute approximate surface area is 191 Å². The number of aryl methyl sites for hydroxylation is 1. The van der Waals surface area contributed by atoms with E-state index in [1.165, 1.54) is 108 Å². The van der Waals surface area contributed by atoms with Crippen molar-refractivity contribution in [2.45, 2.75) is 110 Å². The second kappa shape index (κ2) is 16.7. The average Bonchev–Trinajstić information content (AvgIpc) is 2.79. The van der Waals surface area contributed by atoms with Crippen LogP contribution in [0.5, 0.6) is 5.75 Å². The maximum Gasteiger partial charge on any atom is 0.115 e. The van der Waals surface area contributed by atoms with Crippen LogP contribution in [0.4, 0.5) is 11.4 Å². The third-order valence-electron chi connectivity index (χ3n) is 6.21. The number of para-hydroxylation sites is 1. The van der Waals surface area contributed by atoms with Gasteiger partial charge in [0.2, 0.25) is 0 Å². The lowest BCUT2D eigenvalue weighted by atomic mass is 10.0. The molecular formula is C29H45NO. The Bertz CT molecular complexity index is 679. The standard InChI is InChI=1S/C29H45NO/c1-2-3-4-5-6-7-8-9-10-11-12-13-14-15-16-19-26-20-17-18-21-29(26)30-27-22-24-28(31)25-23-27/h17-18,20-25,30-31H,2-16,19H2,1H3. The van der Waals surface area contributed by atoms with Crippen molar-refractivity contribution in [3.63, 3.8) is 0 Å². The molecule has 0 saturated carbocycles. The molecule has 2 aromatic rings. The number of phenols is 1. The minimum absolute atomic E-state index is 0.302. The zero-order valence-corrected chi connectivity index (χ0v) is 19.9. The van der Waals surface area contributed by atoms with Gasteiger partial charge in [0.1, 0.15) is 5.75 Å². The van der Waals surface area contributed by atoms with Crippen LogP contribution >= 0.6 is 0 Å². The normalized spacial score (nSPS) is 11.0. The predicted molar refractivity (Wildman–Crippen MR) is 136 cm³/mol. The van der Waals surface area contributed by atoms with E-state index in [0.29, 0.717) is 5.75 Å². The molecule has 0 atom stereocenters. The van der Waals surface area contributed by atoms with Gasteiger partial charge < -0.3 is 10.4 Å². The zero-order chi connectivity index (χ0) is 22.0. The molecule has 2 aromatic carbocycles. The molecule has 0 unspecified atom stereocenters. The predicted octanol–water partition coefficient (Wildman–Crippen LogP) is 9.55. The van der Waals surface area contributed by atoms with Crippen molar-refractivity contribution in [1.29, 1.82) is 0 Å². The summed E-state index contributed by atoms with van der Waals surface area (Å²) >= 11 is 0. The molecule has 0 fully saturated rings. The summed E-state index contributed by atoms with van der Waals surface area (Å²) in [5.41, 5.74) is 3.57. The van der Waals surface area contributed by atoms with Gasteiger partial charge in [0.05, 0.1) is 0 Å². The summed E-state index contributed by atoms with van der Waals surface area (Å²) in [6, 6.07) is 15.9. The van der Waals surface area contributed by atoms with Crippen LogP contribution in [0.15, 0.2) is 48.5 Å². The first-order valence-electron chi connectivity index (χ1n) is 12.9. The van der Waals surface area contributed by atoms with Gasteiger partial charge in [-0.2, -0.15) is 0 Å². The van der Waals surface area contributed by atoms with E-state index in [4.69, 9.17) is 0 Å². The number of anilines is 2. The fraction of sp³-hybridized carbons (Fsp3) is 0.586. The Morgan fingerprint density at radius 1 is 0.581 bits per heavy atom. The van der Waals surface area contributed by atoms with E-state index in [1.54, 1.807) is 12.1 Å². The van der Waals surface area contributed by atoms with Crippen LogP contribution in [0.25, 0.3) is 0 Å². The highest BCUT2D eigenvalue weighted by molar-refractivity contribution is 5.63. The SMILES string of the molecule is CCCCCCCCCCCCCCCCCc1ccccc1Nc1ccc(O)cc1. The van der Waals surface area contributed by atoms with Gasteiger partial charge in [0, 0.05) is 11.4 Å². The van der Waals surface area contributed by atoms with Crippen molar-refractivity contribution >= 4 is 11.4 Å². The summed E-state index contributed by atoms with van der Waals surface area (Å²) in [5, 5.41) is 12.9. The van der Waals surface area contributed by atoms with Crippen LogP contribution in [0.2, 0.25) is 0 Å². The largest absolute Gasteiger partial charge is 0.508 e. The topological polar surface area (TPSA) is 32.3 Å². The van der Waals surface area contributed by atoms with Gasteiger partial charge in [0.15, 0.2) is 0 Å². The van der Waals surface area contributed by atoms with Crippen molar-refractivity contribution in [3.8, 4) is 5.75 Å². The molecule has 0 aliphatic carbocycles. The van der Waals surface area contributed by atoms with Gasteiger partial charge in [-0.1, -0.05) is 115 Å². The van der Waals surface area contributed by atoms with E-state index in [2.05, 4.69) is 36.5 Å². The minimum Gasteiger partial charge on any atom is -0.508 e. The lowest BCUT2D eigenvalue weighted by Gasteiger charge is -2.12. The number of hydrogen-bond acceptors (Lipinski definition) is 2. The Morgan fingerprint density at radius 3 is 1.61 bits per heavy atom. The molecule has 0 aliphatic rings. The molecular weight excluding hydrogens is 378 g/mol. The number of nitrogens with one attached hydrogen (secondary N) is 1. The molecule has 0 saturated heterocycles. The Hall–Kier alpha value is -1.96. The molecule has 31 heavy (non-hydrogen) atoms. The highest BCUT2D eigenvalue weighted by Crippen LogP contribution is 2.24. The van der Waals surface area contributed by atoms with E-state index in [0.717, 1.165) is 12.1 Å². The van der Waals surface area contributed by atoms with Crippen molar-refractivity contribution in [1.82, 2.24) is 0 Å². The number of aromatic hydroxyl groups is 1. The zero-order valence-electron chi connectivity index (χ0n) is 19.9. The molecule has 2 nitrogen and oxygen atoms in total. The minimum atomic E-state index is 0.302. The summed E-state index contributed by atoms with van der Waals surface area (Å²) in [6.07, 6.45) is 22.2. The number of phenolic OH excluding ortho intramolecular Hbond substituents is 1. The van der Waals surface area contributed by atoms with Gasteiger partial charge in [-0.3, -0.25) is 0 Å². The fourth-order valence-corrected chi connectivity index (χ4v) is 4.25. The van der Waals surface area contributed by atoms with Gasteiger partial charge in [-0.25, -0.2) is 0 Å². The van der Waals surface area contributed by atoms with Gasteiger partial charge in [-0.15, -0.1) is 0 Å². The van der Waals surface area contributed by atoms with Crippen LogP contribution < -0.4 is 5.32 Å². The van der Waals surface area contributed by atoms with E-state index in [1.807, 2.05) is 12.1 Å². The molecule has 0 aliphatic heterocycles. The van der Waals surface area contributed by atoms with Gasteiger partial charge in [0.25, 0.3) is 0 Å². The first kappa shape index (κ1) is 25.3. The molecule has 0 spiro atoms. The fourth-order valence-electron chi connectivity index (χ4n) is 4.25. The molecule has 0 bridgehead atoms. The van der Waals surface area contributed by atoms with Crippen LogP contribution in [0.3, 0.4) is 0 Å². The number of hydrogen-bond donors (Lipinski definition) is 2. The molecule has 2 heteroatoms. The summed E-state index contributed by atoms with van der Waals surface area (Å²) in [6.45, 7) is 2.29. The van der Waals surface area contributed by atoms with Crippen LogP contribution in [0, 0.1) is 0 Å². The molecule has 2 rings (SSSR count). The highest BCUT2D eigenvalue weighted by Gasteiger charge is 2.03. The monoisotopic (exact) mass is 423 g/mol. The van der Waals surface area contributed by atoms with Gasteiger partial charge in [-0.05, 0) is 48.7 Å². The Kier molecular flexibility index (Phi) is 13.6. The van der Waals surface area contributed by atoms with Gasteiger partial charge >= 0.3 is 0 Å². The van der Waals surface area contributed by atoms with Crippen molar-refractivity contribution in [3.05, 3.63) is 54.1 Å². The van der Waals surface area contributed by atoms with E-state index < -0.39 is 0 Å². The molecule has 0 radical (unpaired) electrons. The maximum atomic E-state index is 9.45. The van der Waals surface area contributed by atoms with Crippen molar-refractivity contribution < 1.29 is 5.11 Å². The smallest absolute Gasteiger partial charge is 0.115 e. The van der Waals surface area contributed by atoms with Crippen LogP contribution in [-0.4, -0.2) is 5.11 Å². The first-order valence-corrected chi connectivity index (χ1v) is 12.9. The van der Waals surface area contributed by atoms with Crippen LogP contribution in [0.1, 0.15) is 109 Å². The summed E-state index contributed by atoms with van der Waals surface area (Å²) < 4.78 is 0. The third-order valence-corrected chi connectivity index (χ3v) is 6.21. The number of unbranched alkanes of at least 4 members (excludes halogenated alkanes) is 14. The quantitative estimate of drug-likeness (QED) is 0.185. The lowest BCUT2D eigenvalue weighted by molar-refractivity contribution is 0.475. The van der Waals surface area contributed by atoms with E-state index in [9.17, 15) is 5.11 Å². The number of benzene rings is 2. The summed E-state index contributed by atoms with van der Waals surface area (Å²) in [5.74, 6) is 0.302. The Morgan fingerprint density at radius 2 is 1.06 bits per heavy atom.